The zero-order valence-corrected chi connectivity index (χ0v) is 15.5. The zero-order valence-electron chi connectivity index (χ0n) is 14.7. The number of carbonyl (C=O) groups excluding carboxylic acids is 4. The van der Waals surface area contributed by atoms with Crippen molar-refractivity contribution in [3.8, 4) is 0 Å². The van der Waals surface area contributed by atoms with Crippen LogP contribution in [0.15, 0.2) is 54.6 Å². The third-order valence-corrected chi connectivity index (χ3v) is 3.62. The maximum Gasteiger partial charge on any atom is 0.306 e. The molecular formula is C19H18ClN3O5. The van der Waals surface area contributed by atoms with E-state index in [0.717, 1.165) is 0 Å². The highest BCUT2D eigenvalue weighted by molar-refractivity contribution is 6.30. The van der Waals surface area contributed by atoms with Crippen LogP contribution < -0.4 is 16.2 Å². The summed E-state index contributed by atoms with van der Waals surface area (Å²) in [4.78, 5) is 46.8. The highest BCUT2D eigenvalue weighted by Gasteiger charge is 2.12. The smallest absolute Gasteiger partial charge is 0.306 e. The van der Waals surface area contributed by atoms with E-state index in [4.69, 9.17) is 16.3 Å². The number of hydrazine groups is 1. The Kier molecular flexibility index (Phi) is 7.98. The van der Waals surface area contributed by atoms with E-state index in [9.17, 15) is 19.2 Å². The Hall–Kier alpha value is -3.39. The van der Waals surface area contributed by atoms with Crippen molar-refractivity contribution >= 4 is 41.0 Å². The highest BCUT2D eigenvalue weighted by atomic mass is 35.5. The first-order valence-electron chi connectivity index (χ1n) is 8.29. The molecule has 0 saturated carbocycles. The quantitative estimate of drug-likeness (QED) is 0.483. The fourth-order valence-electron chi connectivity index (χ4n) is 2.05. The molecule has 0 fully saturated rings. The van der Waals surface area contributed by atoms with Crippen LogP contribution in [-0.4, -0.2) is 30.3 Å². The Morgan fingerprint density at radius 2 is 1.61 bits per heavy atom. The molecule has 3 amide bonds. The number of anilines is 1. The van der Waals surface area contributed by atoms with Gasteiger partial charge < -0.3 is 10.1 Å². The topological polar surface area (TPSA) is 114 Å². The summed E-state index contributed by atoms with van der Waals surface area (Å²) in [5.41, 5.74) is 5.30. The molecule has 8 nitrogen and oxygen atoms in total. The van der Waals surface area contributed by atoms with Crippen LogP contribution in [0.3, 0.4) is 0 Å². The van der Waals surface area contributed by atoms with E-state index in [0.29, 0.717) is 16.3 Å². The maximum absolute atomic E-state index is 11.8. The number of benzene rings is 2. The predicted octanol–water partition coefficient (Wildman–Crippen LogP) is 2.06. The van der Waals surface area contributed by atoms with E-state index in [1.54, 1.807) is 54.6 Å². The summed E-state index contributed by atoms with van der Waals surface area (Å²) in [6, 6.07) is 14.8. The molecule has 0 aliphatic heterocycles. The van der Waals surface area contributed by atoms with Gasteiger partial charge in [0.15, 0.2) is 6.61 Å². The molecule has 28 heavy (non-hydrogen) atoms. The van der Waals surface area contributed by atoms with Crippen molar-refractivity contribution < 1.29 is 23.9 Å². The molecular weight excluding hydrogens is 386 g/mol. The van der Waals surface area contributed by atoms with E-state index in [1.165, 1.54) is 0 Å². The van der Waals surface area contributed by atoms with Gasteiger partial charge in [0.2, 0.25) is 5.91 Å². The molecule has 0 spiro atoms. The molecule has 0 radical (unpaired) electrons. The van der Waals surface area contributed by atoms with Crippen molar-refractivity contribution in [2.24, 2.45) is 0 Å². The number of hydrogen-bond acceptors (Lipinski definition) is 5. The minimum atomic E-state index is -0.717. The first kappa shape index (κ1) is 20.9. The second-order valence-electron chi connectivity index (χ2n) is 5.59. The van der Waals surface area contributed by atoms with Gasteiger partial charge in [-0.1, -0.05) is 35.9 Å². The van der Waals surface area contributed by atoms with Gasteiger partial charge in [0.1, 0.15) is 0 Å². The van der Waals surface area contributed by atoms with Crippen molar-refractivity contribution in [2.75, 3.05) is 11.9 Å². The van der Waals surface area contributed by atoms with E-state index in [1.807, 2.05) is 0 Å². The molecule has 0 saturated heterocycles. The lowest BCUT2D eigenvalue weighted by Crippen LogP contribution is -2.41. The van der Waals surface area contributed by atoms with Gasteiger partial charge in [0, 0.05) is 22.7 Å². The molecule has 0 aliphatic carbocycles. The number of halogens is 1. The number of rotatable bonds is 7. The summed E-state index contributed by atoms with van der Waals surface area (Å²) in [5, 5.41) is 2.98. The minimum Gasteiger partial charge on any atom is -0.456 e. The van der Waals surface area contributed by atoms with Gasteiger partial charge in [-0.05, 0) is 30.3 Å². The van der Waals surface area contributed by atoms with Gasteiger partial charge in [-0.3, -0.25) is 30.0 Å². The van der Waals surface area contributed by atoms with Crippen LogP contribution >= 0.6 is 11.6 Å². The lowest BCUT2D eigenvalue weighted by atomic mass is 10.2. The van der Waals surface area contributed by atoms with E-state index < -0.39 is 30.3 Å². The number of amides is 3. The molecule has 0 heterocycles. The highest BCUT2D eigenvalue weighted by Crippen LogP contribution is 2.14. The average Bonchev–Trinajstić information content (AvgIpc) is 2.69. The van der Waals surface area contributed by atoms with Gasteiger partial charge in [0.25, 0.3) is 11.8 Å². The van der Waals surface area contributed by atoms with Crippen molar-refractivity contribution in [1.82, 2.24) is 10.9 Å². The number of hydrogen-bond donors (Lipinski definition) is 3. The normalized spacial score (nSPS) is 9.89. The monoisotopic (exact) mass is 403 g/mol. The van der Waals surface area contributed by atoms with E-state index in [-0.39, 0.29) is 12.8 Å². The lowest BCUT2D eigenvalue weighted by Gasteiger charge is -2.08. The Morgan fingerprint density at radius 1 is 0.857 bits per heavy atom. The Labute approximate surface area is 166 Å². The first-order valence-corrected chi connectivity index (χ1v) is 8.67. The van der Waals surface area contributed by atoms with Gasteiger partial charge in [-0.15, -0.1) is 0 Å². The largest absolute Gasteiger partial charge is 0.456 e. The van der Waals surface area contributed by atoms with Crippen LogP contribution in [0, 0.1) is 0 Å². The second kappa shape index (κ2) is 10.7. The Morgan fingerprint density at radius 3 is 2.32 bits per heavy atom. The maximum atomic E-state index is 11.8. The molecule has 2 aromatic rings. The fourth-order valence-corrected chi connectivity index (χ4v) is 2.24. The third kappa shape index (κ3) is 7.46. The predicted molar refractivity (Wildman–Crippen MR) is 102 cm³/mol. The number of nitrogens with one attached hydrogen (secondary N) is 3. The second-order valence-corrected chi connectivity index (χ2v) is 6.02. The SMILES string of the molecule is O=C(CCC(=O)OCC(=O)Nc1cccc(Cl)c1)NNC(=O)c1ccccc1. The molecule has 2 aromatic carbocycles. The Bertz CT molecular complexity index is 858. The van der Waals surface area contributed by atoms with Crippen LogP contribution in [0.5, 0.6) is 0 Å². The average molecular weight is 404 g/mol. The number of esters is 1. The van der Waals surface area contributed by atoms with Crippen molar-refractivity contribution in [3.63, 3.8) is 0 Å². The molecule has 2 rings (SSSR count). The molecule has 0 aliphatic rings. The molecule has 9 heteroatoms. The Balaban J connectivity index is 1.63. The molecule has 0 atom stereocenters. The van der Waals surface area contributed by atoms with E-state index in [2.05, 4.69) is 16.2 Å². The van der Waals surface area contributed by atoms with Gasteiger partial charge >= 0.3 is 5.97 Å². The van der Waals surface area contributed by atoms with Crippen LogP contribution in [0.2, 0.25) is 5.02 Å². The summed E-state index contributed by atoms with van der Waals surface area (Å²) in [7, 11) is 0. The zero-order chi connectivity index (χ0) is 20.4. The summed E-state index contributed by atoms with van der Waals surface area (Å²) >= 11 is 5.81. The van der Waals surface area contributed by atoms with Crippen LogP contribution in [0.1, 0.15) is 23.2 Å². The minimum absolute atomic E-state index is 0.205. The number of ether oxygens (including phenoxy) is 1. The summed E-state index contributed by atoms with van der Waals surface area (Å²) in [6.07, 6.45) is -0.443. The summed E-state index contributed by atoms with van der Waals surface area (Å²) in [5.74, 6) is -2.29. The lowest BCUT2D eigenvalue weighted by molar-refractivity contribution is -0.148. The first-order chi connectivity index (χ1) is 13.4. The van der Waals surface area contributed by atoms with Gasteiger partial charge in [0.05, 0.1) is 6.42 Å². The van der Waals surface area contributed by atoms with Gasteiger partial charge in [-0.2, -0.15) is 0 Å². The number of carbonyl (C=O) groups is 4. The molecule has 0 bridgehead atoms. The van der Waals surface area contributed by atoms with Gasteiger partial charge in [-0.25, -0.2) is 0 Å². The third-order valence-electron chi connectivity index (χ3n) is 3.38. The molecule has 3 N–H and O–H groups in total. The summed E-state index contributed by atoms with van der Waals surface area (Å²) in [6.45, 7) is -0.488. The van der Waals surface area contributed by atoms with Crippen molar-refractivity contribution in [2.45, 2.75) is 12.8 Å². The van der Waals surface area contributed by atoms with E-state index >= 15 is 0 Å². The van der Waals surface area contributed by atoms with Crippen molar-refractivity contribution in [3.05, 3.63) is 65.2 Å². The molecule has 146 valence electrons. The van der Waals surface area contributed by atoms with Crippen LogP contribution in [-0.2, 0) is 19.1 Å². The summed E-state index contributed by atoms with van der Waals surface area (Å²) < 4.78 is 4.80. The van der Waals surface area contributed by atoms with Crippen LogP contribution in [0.25, 0.3) is 0 Å². The fraction of sp³-hybridized carbons (Fsp3) is 0.158. The molecule has 0 unspecified atom stereocenters. The van der Waals surface area contributed by atoms with Crippen LogP contribution in [0.4, 0.5) is 5.69 Å². The standard InChI is InChI=1S/C19H18ClN3O5/c20-14-7-4-8-15(11-14)21-17(25)12-28-18(26)10-9-16(24)22-23-19(27)13-5-2-1-3-6-13/h1-8,11H,9-10,12H2,(H,21,25)(H,22,24)(H,23,27). The van der Waals surface area contributed by atoms with Crippen molar-refractivity contribution in [1.29, 1.82) is 0 Å². The molecule has 0 aromatic heterocycles.